The summed E-state index contributed by atoms with van der Waals surface area (Å²) in [6, 6.07) is 11.2. The number of benzene rings is 1. The van der Waals surface area contributed by atoms with Crippen LogP contribution in [0.2, 0.25) is 0 Å². The van der Waals surface area contributed by atoms with Crippen LogP contribution in [0, 0.1) is 11.3 Å². The van der Waals surface area contributed by atoms with Gasteiger partial charge < -0.3 is 0 Å². The second kappa shape index (κ2) is 4.34. The summed E-state index contributed by atoms with van der Waals surface area (Å²) in [6.07, 6.45) is 0. The second-order valence-electron chi connectivity index (χ2n) is 4.16. The Kier molecular flexibility index (Phi) is 2.65. The van der Waals surface area contributed by atoms with E-state index >= 15 is 0 Å². The number of thiophene rings is 1. The lowest BCUT2D eigenvalue weighted by molar-refractivity contribution is 0.102. The molecule has 0 aliphatic rings. The Bertz CT molecular complexity index is 823. The number of rotatable bonds is 2. The first kappa shape index (κ1) is 11.6. The molecule has 5 heteroatoms. The Hall–Kier alpha value is -2.45. The number of Topliss-reactive ketones (excluding diaryl/α,β-unsaturated/α-hetero) is 1. The Morgan fingerprint density at radius 2 is 2.21 bits per heavy atom. The van der Waals surface area contributed by atoms with Crippen LogP contribution in [0.25, 0.3) is 21.5 Å². The Labute approximate surface area is 113 Å². The molecule has 0 saturated carbocycles. The predicted molar refractivity (Wildman–Crippen MR) is 74.1 cm³/mol. The average Bonchev–Trinajstić information content (AvgIpc) is 3.03. The Morgan fingerprint density at radius 1 is 1.37 bits per heavy atom. The van der Waals surface area contributed by atoms with Crippen molar-refractivity contribution in [3.05, 3.63) is 40.8 Å². The van der Waals surface area contributed by atoms with Crippen LogP contribution in [0.15, 0.2) is 30.3 Å². The van der Waals surface area contributed by atoms with E-state index in [0.717, 1.165) is 21.5 Å². The summed E-state index contributed by atoms with van der Waals surface area (Å²) in [5.74, 6) is 0.0498. The molecule has 3 aromatic rings. The second-order valence-corrected chi connectivity index (χ2v) is 5.25. The standard InChI is InChI=1S/C14H9N3OS/c1-8(18)12-4-5-13(19-12)14-10-6-9(7-15)2-3-11(10)16-17-14/h2-6H,1H3,(H,16,17). The highest BCUT2D eigenvalue weighted by Gasteiger charge is 2.12. The SMILES string of the molecule is CC(=O)c1ccc(-c2n[nH]c3ccc(C#N)cc23)s1. The third-order valence-electron chi connectivity index (χ3n) is 2.88. The Morgan fingerprint density at radius 3 is 2.89 bits per heavy atom. The van der Waals surface area contributed by atoms with E-state index in [1.54, 1.807) is 25.1 Å². The molecule has 2 aromatic heterocycles. The topological polar surface area (TPSA) is 69.5 Å². The van der Waals surface area contributed by atoms with E-state index in [2.05, 4.69) is 16.3 Å². The van der Waals surface area contributed by atoms with Gasteiger partial charge in [-0.05, 0) is 37.3 Å². The zero-order chi connectivity index (χ0) is 13.4. The molecule has 0 amide bonds. The van der Waals surface area contributed by atoms with Crippen LogP contribution in [0.5, 0.6) is 0 Å². The number of H-pyrrole nitrogens is 1. The van der Waals surface area contributed by atoms with Gasteiger partial charge in [0.25, 0.3) is 0 Å². The normalized spacial score (nSPS) is 10.5. The number of nitrogens with one attached hydrogen (secondary N) is 1. The van der Waals surface area contributed by atoms with E-state index in [1.165, 1.54) is 11.3 Å². The number of aromatic nitrogens is 2. The van der Waals surface area contributed by atoms with Crippen LogP contribution >= 0.6 is 11.3 Å². The highest BCUT2D eigenvalue weighted by atomic mass is 32.1. The molecular weight excluding hydrogens is 258 g/mol. The summed E-state index contributed by atoms with van der Waals surface area (Å²) in [5.41, 5.74) is 2.26. The minimum atomic E-state index is 0.0498. The van der Waals surface area contributed by atoms with Crippen molar-refractivity contribution >= 4 is 28.0 Å². The van der Waals surface area contributed by atoms with Crippen molar-refractivity contribution in [1.29, 1.82) is 5.26 Å². The lowest BCUT2D eigenvalue weighted by atomic mass is 10.1. The Balaban J connectivity index is 2.19. The van der Waals surface area contributed by atoms with Gasteiger partial charge in [0.2, 0.25) is 0 Å². The molecule has 2 heterocycles. The molecule has 0 aliphatic heterocycles. The first-order chi connectivity index (χ1) is 9.19. The minimum absolute atomic E-state index is 0.0498. The lowest BCUT2D eigenvalue weighted by Gasteiger charge is -1.93. The van der Waals surface area contributed by atoms with E-state index in [-0.39, 0.29) is 5.78 Å². The average molecular weight is 267 g/mol. The van der Waals surface area contributed by atoms with Gasteiger partial charge in [-0.15, -0.1) is 11.3 Å². The van der Waals surface area contributed by atoms with E-state index in [9.17, 15) is 4.79 Å². The first-order valence-electron chi connectivity index (χ1n) is 5.68. The van der Waals surface area contributed by atoms with Gasteiger partial charge in [-0.3, -0.25) is 9.89 Å². The smallest absolute Gasteiger partial charge is 0.169 e. The maximum Gasteiger partial charge on any atom is 0.169 e. The van der Waals surface area contributed by atoms with Crippen LogP contribution in [0.1, 0.15) is 22.2 Å². The predicted octanol–water partition coefficient (Wildman–Crippen LogP) is 3.37. The molecular formula is C14H9N3OS. The van der Waals surface area contributed by atoms with Crippen LogP contribution in [0.4, 0.5) is 0 Å². The molecule has 0 aliphatic carbocycles. The van der Waals surface area contributed by atoms with E-state index in [4.69, 9.17) is 5.26 Å². The third kappa shape index (κ3) is 1.92. The summed E-state index contributed by atoms with van der Waals surface area (Å²) in [6.45, 7) is 1.55. The molecule has 0 fully saturated rings. The fourth-order valence-electron chi connectivity index (χ4n) is 1.93. The van der Waals surface area contributed by atoms with Gasteiger partial charge in [0.15, 0.2) is 5.78 Å². The quantitative estimate of drug-likeness (QED) is 0.724. The lowest BCUT2D eigenvalue weighted by Crippen LogP contribution is -1.83. The van der Waals surface area contributed by atoms with Crippen molar-refractivity contribution in [2.24, 2.45) is 0 Å². The van der Waals surface area contributed by atoms with Gasteiger partial charge in [-0.1, -0.05) is 0 Å². The van der Waals surface area contributed by atoms with Crippen molar-refractivity contribution in [1.82, 2.24) is 10.2 Å². The summed E-state index contributed by atoms with van der Waals surface area (Å²) < 4.78 is 0. The zero-order valence-electron chi connectivity index (χ0n) is 10.1. The number of fused-ring (bicyclic) bond motifs is 1. The third-order valence-corrected chi connectivity index (χ3v) is 4.07. The van der Waals surface area contributed by atoms with Gasteiger partial charge in [0.05, 0.1) is 26.9 Å². The molecule has 1 aromatic carbocycles. The first-order valence-corrected chi connectivity index (χ1v) is 6.50. The van der Waals surface area contributed by atoms with Crippen molar-refractivity contribution in [2.45, 2.75) is 6.92 Å². The van der Waals surface area contributed by atoms with Crippen molar-refractivity contribution in [2.75, 3.05) is 0 Å². The highest BCUT2D eigenvalue weighted by Crippen LogP contribution is 2.32. The van der Waals surface area contributed by atoms with Crippen LogP contribution in [0.3, 0.4) is 0 Å². The fourth-order valence-corrected chi connectivity index (χ4v) is 2.83. The molecule has 0 unspecified atom stereocenters. The van der Waals surface area contributed by atoms with Crippen molar-refractivity contribution < 1.29 is 4.79 Å². The monoisotopic (exact) mass is 267 g/mol. The van der Waals surface area contributed by atoms with E-state index in [0.29, 0.717) is 10.4 Å². The number of ketones is 1. The molecule has 4 nitrogen and oxygen atoms in total. The van der Waals surface area contributed by atoms with E-state index < -0.39 is 0 Å². The fraction of sp³-hybridized carbons (Fsp3) is 0.0714. The summed E-state index contributed by atoms with van der Waals surface area (Å²) in [5, 5.41) is 17.1. The van der Waals surface area contributed by atoms with Crippen LogP contribution in [-0.2, 0) is 0 Å². The van der Waals surface area contributed by atoms with E-state index in [1.807, 2.05) is 12.1 Å². The maximum atomic E-state index is 11.3. The number of hydrogen-bond donors (Lipinski definition) is 1. The number of carbonyl (C=O) groups excluding carboxylic acids is 1. The molecule has 92 valence electrons. The maximum absolute atomic E-state index is 11.3. The zero-order valence-corrected chi connectivity index (χ0v) is 10.9. The summed E-state index contributed by atoms with van der Waals surface area (Å²) in [7, 11) is 0. The number of aromatic amines is 1. The van der Waals surface area contributed by atoms with Gasteiger partial charge in [-0.2, -0.15) is 10.4 Å². The van der Waals surface area contributed by atoms with Crippen LogP contribution in [-0.4, -0.2) is 16.0 Å². The van der Waals surface area contributed by atoms with Crippen LogP contribution < -0.4 is 0 Å². The molecule has 0 radical (unpaired) electrons. The van der Waals surface area contributed by atoms with Gasteiger partial charge >= 0.3 is 0 Å². The molecule has 0 bridgehead atoms. The number of carbonyl (C=O) groups is 1. The van der Waals surface area contributed by atoms with Crippen molar-refractivity contribution in [3.63, 3.8) is 0 Å². The number of nitrogens with zero attached hydrogens (tertiary/aromatic N) is 2. The molecule has 3 rings (SSSR count). The largest absolute Gasteiger partial charge is 0.294 e. The molecule has 0 saturated heterocycles. The van der Waals surface area contributed by atoms with Gasteiger partial charge in [0.1, 0.15) is 5.69 Å². The molecule has 19 heavy (non-hydrogen) atoms. The number of hydrogen-bond acceptors (Lipinski definition) is 4. The minimum Gasteiger partial charge on any atom is -0.294 e. The summed E-state index contributed by atoms with van der Waals surface area (Å²) in [4.78, 5) is 13.0. The number of nitriles is 1. The molecule has 1 N–H and O–H groups in total. The molecule has 0 atom stereocenters. The molecule has 0 spiro atoms. The highest BCUT2D eigenvalue weighted by molar-refractivity contribution is 7.17. The summed E-state index contributed by atoms with van der Waals surface area (Å²) >= 11 is 1.41. The van der Waals surface area contributed by atoms with Crippen molar-refractivity contribution in [3.8, 4) is 16.6 Å². The van der Waals surface area contributed by atoms with Gasteiger partial charge in [-0.25, -0.2) is 0 Å². The van der Waals surface area contributed by atoms with Gasteiger partial charge in [0, 0.05) is 5.39 Å².